The van der Waals surface area contributed by atoms with Gasteiger partial charge < -0.3 is 9.32 Å². The first-order valence-electron chi connectivity index (χ1n) is 22.0. The molecule has 0 atom stereocenters. The summed E-state index contributed by atoms with van der Waals surface area (Å²) in [5.74, 6) is 0. The van der Waals surface area contributed by atoms with E-state index in [9.17, 15) is 0 Å². The lowest BCUT2D eigenvalue weighted by molar-refractivity contribution is 0.670. The quantitative estimate of drug-likeness (QED) is 0.172. The predicted molar refractivity (Wildman–Crippen MR) is 270 cm³/mol. The van der Waals surface area contributed by atoms with Crippen LogP contribution in [0.1, 0.15) is 0 Å². The molecule has 0 amide bonds. The minimum absolute atomic E-state index is 0.905. The number of nitrogens with zero attached hydrogens (tertiary/aromatic N) is 1. The van der Waals surface area contributed by atoms with Crippen molar-refractivity contribution in [2.45, 2.75) is 0 Å². The van der Waals surface area contributed by atoms with Gasteiger partial charge in [-0.1, -0.05) is 188 Å². The molecule has 0 unspecified atom stereocenters. The monoisotopic (exact) mass is 813 g/mol. The highest BCUT2D eigenvalue weighted by atomic mass is 16.3. The fraction of sp³-hybridized carbons (Fsp3) is 0. The fourth-order valence-electron chi connectivity index (χ4n) is 10.2. The highest BCUT2D eigenvalue weighted by Crippen LogP contribution is 2.53. The van der Waals surface area contributed by atoms with Crippen molar-refractivity contribution in [1.29, 1.82) is 0 Å². The number of hydrogen-bond acceptors (Lipinski definition) is 2. The molecular formula is C62H39NO. The largest absolute Gasteiger partial charge is 0.455 e. The third-order valence-corrected chi connectivity index (χ3v) is 13.2. The van der Waals surface area contributed by atoms with Gasteiger partial charge in [0.15, 0.2) is 0 Å². The highest BCUT2D eigenvalue weighted by Gasteiger charge is 2.27. The minimum Gasteiger partial charge on any atom is -0.455 e. The number of benzene rings is 11. The lowest BCUT2D eigenvalue weighted by Gasteiger charge is -2.28. The molecular weight excluding hydrogens is 775 g/mol. The van der Waals surface area contributed by atoms with Gasteiger partial charge in [-0.25, -0.2) is 0 Å². The molecule has 11 aromatic carbocycles. The van der Waals surface area contributed by atoms with Crippen LogP contribution in [0.25, 0.3) is 110 Å². The van der Waals surface area contributed by atoms with E-state index in [0.717, 1.165) is 50.1 Å². The molecule has 2 nitrogen and oxygen atoms in total. The molecule has 0 saturated carbocycles. The number of fused-ring (bicyclic) bond motifs is 10. The van der Waals surface area contributed by atoms with E-state index in [1.807, 2.05) is 12.1 Å². The van der Waals surface area contributed by atoms with E-state index < -0.39 is 0 Å². The summed E-state index contributed by atoms with van der Waals surface area (Å²) in [6.45, 7) is 0. The molecule has 12 aromatic rings. The first-order chi connectivity index (χ1) is 31.7. The van der Waals surface area contributed by atoms with Crippen LogP contribution in [0.3, 0.4) is 0 Å². The first kappa shape index (κ1) is 36.2. The van der Waals surface area contributed by atoms with E-state index in [-0.39, 0.29) is 0 Å². The van der Waals surface area contributed by atoms with Crippen molar-refractivity contribution in [2.24, 2.45) is 0 Å². The third kappa shape index (κ3) is 5.81. The Hall–Kier alpha value is -8.46. The van der Waals surface area contributed by atoms with Crippen LogP contribution < -0.4 is 4.90 Å². The van der Waals surface area contributed by atoms with Gasteiger partial charge in [0.1, 0.15) is 11.2 Å². The lowest BCUT2D eigenvalue weighted by atomic mass is 9.87. The maximum atomic E-state index is 6.48. The van der Waals surface area contributed by atoms with Crippen molar-refractivity contribution >= 4 is 60.5 Å². The summed E-state index contributed by atoms with van der Waals surface area (Å²) in [6.07, 6.45) is 0. The standard InChI is InChI=1S/C62H39NO/c1-2-15-43-37-44(28-27-40(43)13-1)49-18-5-6-19-50(49)45-31-35-53-54-20-7-9-25-59(54)63(47-33-29-42(30-34-47)52-23-12-24-56-55-21-8-10-26-61(55)64-62(52)56)60-36-32-46(39-58(60)57(53)38-45)51-22-11-16-41-14-3-4-17-48(41)51/h1-39H. The smallest absolute Gasteiger partial charge is 0.143 e. The van der Waals surface area contributed by atoms with Gasteiger partial charge in [0.25, 0.3) is 0 Å². The average molecular weight is 814 g/mol. The molecule has 64 heavy (non-hydrogen) atoms. The van der Waals surface area contributed by atoms with Crippen LogP contribution in [0.2, 0.25) is 0 Å². The topological polar surface area (TPSA) is 16.4 Å². The third-order valence-electron chi connectivity index (χ3n) is 13.2. The SMILES string of the molecule is c1ccc(-c2ccc3ccccc3c2)c(-c2ccc3c(c2)-c2cc(-c4cccc5ccccc45)ccc2N(c2ccc(-c4cccc5c4oc4ccccc45)cc2)c2ccccc2-3)c1. The van der Waals surface area contributed by atoms with Crippen LogP contribution in [0, 0.1) is 0 Å². The highest BCUT2D eigenvalue weighted by molar-refractivity contribution is 6.10. The van der Waals surface area contributed by atoms with Crippen molar-refractivity contribution in [2.75, 3.05) is 4.90 Å². The first-order valence-corrected chi connectivity index (χ1v) is 22.0. The van der Waals surface area contributed by atoms with E-state index in [1.165, 1.54) is 77.2 Å². The van der Waals surface area contributed by atoms with Crippen LogP contribution in [0.15, 0.2) is 241 Å². The number of rotatable bonds is 5. The number of furan rings is 1. The van der Waals surface area contributed by atoms with Crippen molar-refractivity contribution in [3.05, 3.63) is 237 Å². The zero-order chi connectivity index (χ0) is 42.1. The Kier molecular flexibility index (Phi) is 8.25. The Morgan fingerprint density at radius 1 is 0.266 bits per heavy atom. The van der Waals surface area contributed by atoms with E-state index in [2.05, 4.69) is 229 Å². The van der Waals surface area contributed by atoms with Crippen LogP contribution in [-0.2, 0) is 0 Å². The second kappa shape index (κ2) is 14.6. The Morgan fingerprint density at radius 3 is 1.67 bits per heavy atom. The molecule has 0 bridgehead atoms. The molecule has 0 N–H and O–H groups in total. The summed E-state index contributed by atoms with van der Waals surface area (Å²) in [6, 6.07) is 86.3. The van der Waals surface area contributed by atoms with Gasteiger partial charge in [-0.3, -0.25) is 0 Å². The molecule has 0 fully saturated rings. The maximum absolute atomic E-state index is 6.48. The number of hydrogen-bond donors (Lipinski definition) is 0. The van der Waals surface area contributed by atoms with E-state index in [0.29, 0.717) is 0 Å². The van der Waals surface area contributed by atoms with E-state index >= 15 is 0 Å². The normalized spacial score (nSPS) is 12.0. The molecule has 1 aliphatic heterocycles. The van der Waals surface area contributed by atoms with Crippen molar-refractivity contribution in [1.82, 2.24) is 0 Å². The Morgan fingerprint density at radius 2 is 0.812 bits per heavy atom. The molecule has 2 heterocycles. The number of anilines is 3. The van der Waals surface area contributed by atoms with Crippen molar-refractivity contribution in [3.8, 4) is 66.8 Å². The van der Waals surface area contributed by atoms with Gasteiger partial charge in [-0.15, -0.1) is 0 Å². The van der Waals surface area contributed by atoms with Crippen molar-refractivity contribution in [3.63, 3.8) is 0 Å². The summed E-state index contributed by atoms with van der Waals surface area (Å²) in [7, 11) is 0. The zero-order valence-corrected chi connectivity index (χ0v) is 34.9. The molecule has 0 spiro atoms. The Labute approximate surface area is 371 Å². The maximum Gasteiger partial charge on any atom is 0.143 e. The van der Waals surface area contributed by atoms with Crippen LogP contribution in [-0.4, -0.2) is 0 Å². The average Bonchev–Trinajstić information content (AvgIpc) is 3.70. The molecule has 0 saturated heterocycles. The second-order valence-corrected chi connectivity index (χ2v) is 16.8. The summed E-state index contributed by atoms with van der Waals surface area (Å²) in [4.78, 5) is 2.45. The van der Waals surface area contributed by atoms with Gasteiger partial charge >= 0.3 is 0 Å². The van der Waals surface area contributed by atoms with Gasteiger partial charge in [-0.2, -0.15) is 0 Å². The Balaban J connectivity index is 1.01. The summed E-state index contributed by atoms with van der Waals surface area (Å²) < 4.78 is 6.48. The van der Waals surface area contributed by atoms with Gasteiger partial charge in [0, 0.05) is 33.2 Å². The van der Waals surface area contributed by atoms with Crippen LogP contribution >= 0.6 is 0 Å². The molecule has 2 heteroatoms. The van der Waals surface area contributed by atoms with Crippen LogP contribution in [0.4, 0.5) is 17.1 Å². The van der Waals surface area contributed by atoms with E-state index in [4.69, 9.17) is 4.42 Å². The summed E-state index contributed by atoms with van der Waals surface area (Å²) in [5.41, 5.74) is 19.3. The Bertz CT molecular complexity index is 3790. The predicted octanol–water partition coefficient (Wildman–Crippen LogP) is 17.7. The molecule has 1 aromatic heterocycles. The van der Waals surface area contributed by atoms with Crippen molar-refractivity contribution < 1.29 is 4.42 Å². The van der Waals surface area contributed by atoms with Gasteiger partial charge in [0.05, 0.1) is 11.4 Å². The second-order valence-electron chi connectivity index (χ2n) is 16.8. The molecule has 298 valence electrons. The molecule has 0 radical (unpaired) electrons. The van der Waals surface area contributed by atoms with Crippen LogP contribution in [0.5, 0.6) is 0 Å². The summed E-state index contributed by atoms with van der Waals surface area (Å²) >= 11 is 0. The van der Waals surface area contributed by atoms with Gasteiger partial charge in [-0.05, 0) is 120 Å². The molecule has 13 rings (SSSR count). The molecule has 0 aliphatic carbocycles. The minimum atomic E-state index is 0.905. The lowest BCUT2D eigenvalue weighted by Crippen LogP contribution is -2.11. The van der Waals surface area contributed by atoms with E-state index in [1.54, 1.807) is 0 Å². The zero-order valence-electron chi connectivity index (χ0n) is 34.9. The summed E-state index contributed by atoms with van der Waals surface area (Å²) in [5, 5.41) is 7.22. The molecule has 1 aliphatic rings. The fourth-order valence-corrected chi connectivity index (χ4v) is 10.2. The number of para-hydroxylation sites is 3. The van der Waals surface area contributed by atoms with Gasteiger partial charge in [0.2, 0.25) is 0 Å².